The van der Waals surface area contributed by atoms with Gasteiger partial charge in [0.2, 0.25) is 5.95 Å². The van der Waals surface area contributed by atoms with E-state index < -0.39 is 0 Å². The lowest BCUT2D eigenvalue weighted by Crippen LogP contribution is -2.10. The molecule has 0 spiro atoms. The van der Waals surface area contributed by atoms with E-state index >= 15 is 0 Å². The molecule has 0 aliphatic rings. The highest BCUT2D eigenvalue weighted by Crippen LogP contribution is 2.36. The average Bonchev–Trinajstić information content (AvgIpc) is 3.12. The van der Waals surface area contributed by atoms with Crippen LogP contribution in [0.4, 0.5) is 5.95 Å². The average molecular weight is 338 g/mol. The van der Waals surface area contributed by atoms with Crippen molar-refractivity contribution in [2.45, 2.75) is 36.1 Å². The summed E-state index contributed by atoms with van der Waals surface area (Å²) in [5.74, 6) is 6.75. The molecule has 3 rings (SSSR count). The molecule has 3 aromatic heterocycles. The van der Waals surface area contributed by atoms with E-state index in [4.69, 9.17) is 5.84 Å². The number of aromatic nitrogens is 4. The Balaban J connectivity index is 2.04. The van der Waals surface area contributed by atoms with Gasteiger partial charge in [0.15, 0.2) is 4.34 Å². The van der Waals surface area contributed by atoms with Gasteiger partial charge in [-0.3, -0.25) is 5.43 Å². The second kappa shape index (κ2) is 6.22. The summed E-state index contributed by atoms with van der Waals surface area (Å²) < 4.78 is 5.19. The first-order valence-electron chi connectivity index (χ1n) is 6.51. The summed E-state index contributed by atoms with van der Waals surface area (Å²) in [5, 5.41) is 1.91. The maximum Gasteiger partial charge on any atom is 0.239 e. The smallest absolute Gasteiger partial charge is 0.239 e. The Kier molecular flexibility index (Phi) is 4.34. The predicted molar refractivity (Wildman–Crippen MR) is 88.0 cm³/mol. The van der Waals surface area contributed by atoms with Gasteiger partial charge in [0.05, 0.1) is 0 Å². The molecule has 3 aromatic rings. The molecule has 0 saturated heterocycles. The number of rotatable bonds is 5. The standard InChI is InChI=1S/C12H14N6S3/c1-3-6-5-7-9(19-6)15-11(17-13)16-10(7)20-12-14-8(4-2)18-21-12/h5H,3-4,13H2,1-2H3,(H,15,16,17). The third-order valence-electron chi connectivity index (χ3n) is 2.84. The van der Waals surface area contributed by atoms with Gasteiger partial charge < -0.3 is 0 Å². The van der Waals surface area contributed by atoms with Crippen molar-refractivity contribution in [3.05, 3.63) is 16.8 Å². The van der Waals surface area contributed by atoms with Gasteiger partial charge in [0.1, 0.15) is 15.7 Å². The van der Waals surface area contributed by atoms with Gasteiger partial charge in [0, 0.05) is 16.7 Å². The SMILES string of the molecule is CCc1nsc(Sc2nc(NN)nc3sc(CC)cc23)n1. The second-order valence-corrected chi connectivity index (χ2v) is 7.32. The molecule has 0 saturated carbocycles. The molecule has 0 aliphatic heterocycles. The molecule has 0 aliphatic carbocycles. The molecular weight excluding hydrogens is 324 g/mol. The Labute approximate surface area is 134 Å². The summed E-state index contributed by atoms with van der Waals surface area (Å²) in [6.45, 7) is 4.17. The largest absolute Gasteiger partial charge is 0.292 e. The van der Waals surface area contributed by atoms with Gasteiger partial charge >= 0.3 is 0 Å². The Morgan fingerprint density at radius 2 is 2.10 bits per heavy atom. The van der Waals surface area contributed by atoms with Crippen LogP contribution in [0.5, 0.6) is 0 Å². The van der Waals surface area contributed by atoms with Gasteiger partial charge in [-0.25, -0.2) is 20.8 Å². The minimum Gasteiger partial charge on any atom is -0.292 e. The zero-order chi connectivity index (χ0) is 14.8. The number of hydrogen-bond acceptors (Lipinski definition) is 9. The summed E-state index contributed by atoms with van der Waals surface area (Å²) in [4.78, 5) is 15.6. The second-order valence-electron chi connectivity index (χ2n) is 4.21. The maximum absolute atomic E-state index is 5.46. The quantitative estimate of drug-likeness (QED) is 0.420. The number of fused-ring (bicyclic) bond motifs is 1. The number of nitrogens with two attached hydrogens (primary N) is 1. The molecule has 0 bridgehead atoms. The Bertz CT molecular complexity index is 766. The van der Waals surface area contributed by atoms with Crippen molar-refractivity contribution in [1.82, 2.24) is 19.3 Å². The zero-order valence-corrected chi connectivity index (χ0v) is 14.0. The van der Waals surface area contributed by atoms with Gasteiger partial charge in [-0.05, 0) is 35.8 Å². The van der Waals surface area contributed by atoms with E-state index in [-0.39, 0.29) is 0 Å². The molecule has 3 heterocycles. The van der Waals surface area contributed by atoms with Crippen molar-refractivity contribution in [1.29, 1.82) is 0 Å². The van der Waals surface area contributed by atoms with Crippen LogP contribution in [0.3, 0.4) is 0 Å². The van der Waals surface area contributed by atoms with Crippen molar-refractivity contribution in [3.63, 3.8) is 0 Å². The van der Waals surface area contributed by atoms with E-state index in [1.54, 1.807) is 11.3 Å². The zero-order valence-electron chi connectivity index (χ0n) is 11.6. The predicted octanol–water partition coefficient (Wildman–Crippen LogP) is 3.10. The van der Waals surface area contributed by atoms with Crippen LogP contribution in [0.15, 0.2) is 15.4 Å². The maximum atomic E-state index is 5.46. The molecule has 0 amide bonds. The van der Waals surface area contributed by atoms with Crippen LogP contribution < -0.4 is 11.3 Å². The number of nitrogens with zero attached hydrogens (tertiary/aromatic N) is 4. The molecule has 0 atom stereocenters. The van der Waals surface area contributed by atoms with Gasteiger partial charge in [-0.1, -0.05) is 13.8 Å². The van der Waals surface area contributed by atoms with E-state index in [1.807, 2.05) is 6.92 Å². The molecular formula is C12H14N6S3. The van der Waals surface area contributed by atoms with E-state index in [0.29, 0.717) is 5.95 Å². The molecule has 3 N–H and O–H groups in total. The molecule has 0 aromatic carbocycles. The van der Waals surface area contributed by atoms with Crippen LogP contribution in [0.25, 0.3) is 10.2 Å². The van der Waals surface area contributed by atoms with Crippen LogP contribution in [0.1, 0.15) is 24.5 Å². The first kappa shape index (κ1) is 14.6. The summed E-state index contributed by atoms with van der Waals surface area (Å²) in [6.07, 6.45) is 1.82. The Hall–Kier alpha value is -1.29. The Morgan fingerprint density at radius 1 is 1.24 bits per heavy atom. The molecule has 6 nitrogen and oxygen atoms in total. The first-order valence-corrected chi connectivity index (χ1v) is 8.91. The monoisotopic (exact) mass is 338 g/mol. The highest BCUT2D eigenvalue weighted by molar-refractivity contribution is 8.01. The first-order chi connectivity index (χ1) is 10.2. The van der Waals surface area contributed by atoms with Crippen molar-refractivity contribution in [2.24, 2.45) is 5.84 Å². The molecule has 0 unspecified atom stereocenters. The number of nitrogen functional groups attached to an aromatic ring is 1. The summed E-state index contributed by atoms with van der Waals surface area (Å²) in [6, 6.07) is 2.14. The number of hydrazine groups is 1. The highest BCUT2D eigenvalue weighted by Gasteiger charge is 2.14. The number of nitrogens with one attached hydrogen (secondary N) is 1. The number of thiophene rings is 1. The third kappa shape index (κ3) is 3.00. The van der Waals surface area contributed by atoms with Crippen molar-refractivity contribution in [2.75, 3.05) is 5.43 Å². The fraction of sp³-hybridized carbons (Fsp3) is 0.333. The van der Waals surface area contributed by atoms with Gasteiger partial charge in [0.25, 0.3) is 0 Å². The summed E-state index contributed by atoms with van der Waals surface area (Å²) in [7, 11) is 0. The normalized spacial score (nSPS) is 11.2. The van der Waals surface area contributed by atoms with Crippen LogP contribution in [-0.4, -0.2) is 19.3 Å². The molecule has 9 heteroatoms. The van der Waals surface area contributed by atoms with Crippen LogP contribution in [-0.2, 0) is 12.8 Å². The van der Waals surface area contributed by atoms with E-state index in [2.05, 4.69) is 37.7 Å². The lowest BCUT2D eigenvalue weighted by molar-refractivity contribution is 0.970. The van der Waals surface area contributed by atoms with E-state index in [9.17, 15) is 0 Å². The minimum atomic E-state index is 0.426. The van der Waals surface area contributed by atoms with E-state index in [1.165, 1.54) is 28.2 Å². The third-order valence-corrected chi connectivity index (χ3v) is 5.80. The summed E-state index contributed by atoms with van der Waals surface area (Å²) >= 11 is 4.58. The van der Waals surface area contributed by atoms with Crippen molar-refractivity contribution >= 4 is 50.8 Å². The number of aryl methyl sites for hydroxylation is 2. The van der Waals surface area contributed by atoms with Crippen LogP contribution in [0, 0.1) is 0 Å². The van der Waals surface area contributed by atoms with Crippen LogP contribution in [0.2, 0.25) is 0 Å². The van der Waals surface area contributed by atoms with E-state index in [0.717, 1.165) is 38.2 Å². The fourth-order valence-electron chi connectivity index (χ4n) is 1.77. The fourth-order valence-corrected chi connectivity index (χ4v) is 4.51. The highest BCUT2D eigenvalue weighted by atomic mass is 32.2. The minimum absolute atomic E-state index is 0.426. The van der Waals surface area contributed by atoms with Crippen LogP contribution >= 0.6 is 34.6 Å². The topological polar surface area (TPSA) is 89.6 Å². The molecule has 110 valence electrons. The van der Waals surface area contributed by atoms with Gasteiger partial charge in [-0.15, -0.1) is 11.3 Å². The number of hydrogen-bond donors (Lipinski definition) is 2. The molecule has 21 heavy (non-hydrogen) atoms. The lowest BCUT2D eigenvalue weighted by Gasteiger charge is -2.02. The van der Waals surface area contributed by atoms with Crippen molar-refractivity contribution < 1.29 is 0 Å². The Morgan fingerprint density at radius 3 is 2.76 bits per heavy atom. The van der Waals surface area contributed by atoms with Crippen molar-refractivity contribution in [3.8, 4) is 0 Å². The summed E-state index contributed by atoms with van der Waals surface area (Å²) in [5.41, 5.74) is 2.53. The lowest BCUT2D eigenvalue weighted by atomic mass is 10.3. The molecule has 0 radical (unpaired) electrons. The number of anilines is 1. The molecule has 0 fully saturated rings. The van der Waals surface area contributed by atoms with Gasteiger partial charge in [-0.2, -0.15) is 4.37 Å².